The second-order valence-electron chi connectivity index (χ2n) is 3.94. The van der Waals surface area contributed by atoms with Crippen LogP contribution in [0.1, 0.15) is 16.2 Å². The standard InChI is InChI=1S/C10H19N5O2/c1-14(2)6-7-15-8(4-5-11)9(12-13-15)10(16)17-3/h4-7,11H2,1-3H3. The van der Waals surface area contributed by atoms with Gasteiger partial charge < -0.3 is 15.4 Å². The molecule has 17 heavy (non-hydrogen) atoms. The Kier molecular flexibility index (Phi) is 5.05. The van der Waals surface area contributed by atoms with Gasteiger partial charge in [-0.15, -0.1) is 5.10 Å². The molecule has 0 aliphatic carbocycles. The van der Waals surface area contributed by atoms with Crippen LogP contribution in [0.2, 0.25) is 0 Å². The molecule has 0 aliphatic heterocycles. The Balaban J connectivity index is 2.89. The third kappa shape index (κ3) is 3.50. The first kappa shape index (κ1) is 13.6. The lowest BCUT2D eigenvalue weighted by molar-refractivity contribution is 0.0592. The van der Waals surface area contributed by atoms with E-state index in [2.05, 4.69) is 15.0 Å². The highest BCUT2D eigenvalue weighted by Gasteiger charge is 2.19. The largest absolute Gasteiger partial charge is 0.464 e. The van der Waals surface area contributed by atoms with E-state index in [0.29, 0.717) is 19.5 Å². The van der Waals surface area contributed by atoms with E-state index >= 15 is 0 Å². The Hall–Kier alpha value is -1.47. The van der Waals surface area contributed by atoms with E-state index in [0.717, 1.165) is 12.2 Å². The van der Waals surface area contributed by atoms with Gasteiger partial charge in [0.05, 0.1) is 19.3 Å². The molecule has 0 bridgehead atoms. The zero-order valence-corrected chi connectivity index (χ0v) is 10.5. The Morgan fingerprint density at radius 2 is 2.24 bits per heavy atom. The summed E-state index contributed by atoms with van der Waals surface area (Å²) >= 11 is 0. The van der Waals surface area contributed by atoms with E-state index in [-0.39, 0.29) is 5.69 Å². The SMILES string of the molecule is COC(=O)c1nnn(CCN(C)C)c1CCN. The van der Waals surface area contributed by atoms with Crippen molar-refractivity contribution in [2.45, 2.75) is 13.0 Å². The van der Waals surface area contributed by atoms with Gasteiger partial charge in [0, 0.05) is 13.0 Å². The fourth-order valence-corrected chi connectivity index (χ4v) is 1.45. The lowest BCUT2D eigenvalue weighted by atomic mass is 10.2. The van der Waals surface area contributed by atoms with Crippen molar-refractivity contribution in [2.75, 3.05) is 34.3 Å². The number of carbonyl (C=O) groups excluding carboxylic acids is 1. The number of rotatable bonds is 6. The minimum absolute atomic E-state index is 0.261. The van der Waals surface area contributed by atoms with E-state index in [1.165, 1.54) is 7.11 Å². The number of nitrogens with zero attached hydrogens (tertiary/aromatic N) is 4. The normalized spacial score (nSPS) is 10.9. The van der Waals surface area contributed by atoms with E-state index in [1.54, 1.807) is 4.68 Å². The number of ether oxygens (including phenoxy) is 1. The maximum atomic E-state index is 11.5. The van der Waals surface area contributed by atoms with Crippen LogP contribution in [0.3, 0.4) is 0 Å². The molecule has 7 nitrogen and oxygen atoms in total. The van der Waals surface area contributed by atoms with Crippen LogP contribution in [0.4, 0.5) is 0 Å². The number of likely N-dealkylation sites (N-methyl/N-ethyl adjacent to an activating group) is 1. The highest BCUT2D eigenvalue weighted by Crippen LogP contribution is 2.07. The minimum Gasteiger partial charge on any atom is -0.464 e. The molecule has 0 amide bonds. The van der Waals surface area contributed by atoms with Crippen molar-refractivity contribution in [1.82, 2.24) is 19.9 Å². The van der Waals surface area contributed by atoms with E-state index in [9.17, 15) is 4.79 Å². The summed E-state index contributed by atoms with van der Waals surface area (Å²) in [6.45, 7) is 1.94. The van der Waals surface area contributed by atoms with E-state index in [4.69, 9.17) is 5.73 Å². The molecule has 0 aliphatic rings. The molecule has 0 fully saturated rings. The van der Waals surface area contributed by atoms with Gasteiger partial charge in [-0.2, -0.15) is 0 Å². The summed E-state index contributed by atoms with van der Waals surface area (Å²) in [7, 11) is 5.27. The summed E-state index contributed by atoms with van der Waals surface area (Å²) < 4.78 is 6.36. The van der Waals surface area contributed by atoms with Gasteiger partial charge in [-0.3, -0.25) is 0 Å². The summed E-state index contributed by atoms with van der Waals surface area (Å²) in [4.78, 5) is 13.5. The molecule has 0 saturated carbocycles. The van der Waals surface area contributed by atoms with Gasteiger partial charge in [-0.25, -0.2) is 9.48 Å². The smallest absolute Gasteiger partial charge is 0.360 e. The number of esters is 1. The Morgan fingerprint density at radius 3 is 2.76 bits per heavy atom. The molecular weight excluding hydrogens is 222 g/mol. The van der Waals surface area contributed by atoms with E-state index in [1.807, 2.05) is 19.0 Å². The summed E-state index contributed by atoms with van der Waals surface area (Å²) in [5, 5.41) is 7.81. The number of hydrogen-bond donors (Lipinski definition) is 1. The molecule has 0 atom stereocenters. The third-order valence-corrected chi connectivity index (χ3v) is 2.36. The number of carbonyl (C=O) groups is 1. The monoisotopic (exact) mass is 241 g/mol. The van der Waals surface area contributed by atoms with Gasteiger partial charge in [0.25, 0.3) is 0 Å². The lowest BCUT2D eigenvalue weighted by Crippen LogP contribution is -2.21. The first-order valence-electron chi connectivity index (χ1n) is 5.45. The average Bonchev–Trinajstić information content (AvgIpc) is 2.69. The topological polar surface area (TPSA) is 86.3 Å². The first-order valence-corrected chi connectivity index (χ1v) is 5.45. The predicted molar refractivity (Wildman–Crippen MR) is 62.7 cm³/mol. The van der Waals surface area contributed by atoms with Crippen LogP contribution >= 0.6 is 0 Å². The Morgan fingerprint density at radius 1 is 1.53 bits per heavy atom. The van der Waals surface area contributed by atoms with Gasteiger partial charge >= 0.3 is 5.97 Å². The van der Waals surface area contributed by atoms with E-state index < -0.39 is 5.97 Å². The Bertz CT molecular complexity index is 375. The second-order valence-corrected chi connectivity index (χ2v) is 3.94. The van der Waals surface area contributed by atoms with Crippen LogP contribution in [0.15, 0.2) is 0 Å². The van der Waals surface area contributed by atoms with Crippen LogP contribution in [0.5, 0.6) is 0 Å². The fourth-order valence-electron chi connectivity index (χ4n) is 1.45. The minimum atomic E-state index is -0.468. The molecule has 1 aromatic rings. The maximum Gasteiger partial charge on any atom is 0.360 e. The molecule has 2 N–H and O–H groups in total. The zero-order chi connectivity index (χ0) is 12.8. The first-order chi connectivity index (χ1) is 8.10. The molecule has 1 heterocycles. The molecular formula is C10H19N5O2. The van der Waals surface area contributed by atoms with Crippen LogP contribution in [-0.4, -0.2) is 60.2 Å². The van der Waals surface area contributed by atoms with Gasteiger partial charge in [0.15, 0.2) is 5.69 Å². The quantitative estimate of drug-likeness (QED) is 0.651. The average molecular weight is 241 g/mol. The van der Waals surface area contributed by atoms with Crippen LogP contribution in [-0.2, 0) is 17.7 Å². The molecule has 1 rings (SSSR count). The number of nitrogens with two attached hydrogens (primary N) is 1. The third-order valence-electron chi connectivity index (χ3n) is 2.36. The highest BCUT2D eigenvalue weighted by atomic mass is 16.5. The molecule has 0 spiro atoms. The zero-order valence-electron chi connectivity index (χ0n) is 10.5. The van der Waals surface area contributed by atoms with Crippen molar-refractivity contribution in [3.05, 3.63) is 11.4 Å². The van der Waals surface area contributed by atoms with Crippen molar-refractivity contribution >= 4 is 5.97 Å². The van der Waals surface area contributed by atoms with Gasteiger partial charge in [0.1, 0.15) is 0 Å². The number of hydrogen-bond acceptors (Lipinski definition) is 6. The molecule has 0 radical (unpaired) electrons. The van der Waals surface area contributed by atoms with Crippen molar-refractivity contribution in [3.63, 3.8) is 0 Å². The summed E-state index contributed by atoms with van der Waals surface area (Å²) in [5.74, 6) is -0.468. The molecule has 0 unspecified atom stereocenters. The van der Waals surface area contributed by atoms with Crippen molar-refractivity contribution in [2.24, 2.45) is 5.73 Å². The van der Waals surface area contributed by atoms with Crippen LogP contribution in [0, 0.1) is 0 Å². The molecule has 0 aromatic carbocycles. The van der Waals surface area contributed by atoms with Crippen LogP contribution in [0.25, 0.3) is 0 Å². The summed E-state index contributed by atoms with van der Waals surface area (Å²) in [6, 6.07) is 0. The number of methoxy groups -OCH3 is 1. The lowest BCUT2D eigenvalue weighted by Gasteiger charge is -2.11. The van der Waals surface area contributed by atoms with Crippen molar-refractivity contribution < 1.29 is 9.53 Å². The molecule has 7 heteroatoms. The second kappa shape index (κ2) is 6.31. The Labute approximate surface area is 101 Å². The van der Waals surface area contributed by atoms with Crippen molar-refractivity contribution in [3.8, 4) is 0 Å². The highest BCUT2D eigenvalue weighted by molar-refractivity contribution is 5.88. The van der Waals surface area contributed by atoms with Crippen LogP contribution < -0.4 is 5.73 Å². The molecule has 96 valence electrons. The number of aromatic nitrogens is 3. The molecule has 1 aromatic heterocycles. The fraction of sp³-hybridized carbons (Fsp3) is 0.700. The van der Waals surface area contributed by atoms with Gasteiger partial charge in [0.2, 0.25) is 0 Å². The predicted octanol–water partition coefficient (Wildman–Crippen LogP) is -0.872. The van der Waals surface area contributed by atoms with Crippen molar-refractivity contribution in [1.29, 1.82) is 0 Å². The maximum absolute atomic E-state index is 11.5. The molecule has 0 saturated heterocycles. The van der Waals surface area contributed by atoms with Gasteiger partial charge in [-0.1, -0.05) is 5.21 Å². The summed E-state index contributed by atoms with van der Waals surface area (Å²) in [6.07, 6.45) is 0.560. The summed E-state index contributed by atoms with van der Waals surface area (Å²) in [5.41, 5.74) is 6.52. The van der Waals surface area contributed by atoms with Gasteiger partial charge in [-0.05, 0) is 20.6 Å².